The number of benzene rings is 2. The summed E-state index contributed by atoms with van der Waals surface area (Å²) in [7, 11) is 0. The molecule has 1 fully saturated rings. The summed E-state index contributed by atoms with van der Waals surface area (Å²) in [6.07, 6.45) is 1.82. The van der Waals surface area contributed by atoms with Crippen molar-refractivity contribution in [1.82, 2.24) is 4.57 Å². The van der Waals surface area contributed by atoms with E-state index in [1.807, 2.05) is 50.3 Å². The van der Waals surface area contributed by atoms with Gasteiger partial charge < -0.3 is 4.57 Å². The van der Waals surface area contributed by atoms with E-state index in [1.54, 1.807) is 12.1 Å². The molecular weight excluding hydrogens is 368 g/mol. The van der Waals surface area contributed by atoms with Crippen LogP contribution in [0.25, 0.3) is 11.8 Å². The summed E-state index contributed by atoms with van der Waals surface area (Å²) < 4.78 is 2.18. The van der Waals surface area contributed by atoms with Crippen LogP contribution in [0.3, 0.4) is 0 Å². The van der Waals surface area contributed by atoms with Gasteiger partial charge in [0.1, 0.15) is 0 Å². The van der Waals surface area contributed by atoms with E-state index >= 15 is 0 Å². The average Bonchev–Trinajstić information content (AvgIpc) is 3.12. The maximum absolute atomic E-state index is 12.9. The molecule has 1 saturated heterocycles. The zero-order valence-electron chi connectivity index (χ0n) is 16.0. The van der Waals surface area contributed by atoms with Crippen molar-refractivity contribution in [2.24, 2.45) is 0 Å². The third-order valence-electron chi connectivity index (χ3n) is 4.92. The maximum atomic E-state index is 12.9. The molecule has 0 N–H and O–H groups in total. The van der Waals surface area contributed by atoms with Gasteiger partial charge in [0.2, 0.25) is 0 Å². The van der Waals surface area contributed by atoms with Crippen LogP contribution in [0.15, 0.2) is 65.6 Å². The Hall–Kier alpha value is -3.05. The Morgan fingerprint density at radius 3 is 2.29 bits per heavy atom. The molecule has 28 heavy (non-hydrogen) atoms. The molecule has 0 spiro atoms. The fourth-order valence-corrected chi connectivity index (χ4v) is 4.36. The Balaban J connectivity index is 1.73. The van der Waals surface area contributed by atoms with Crippen LogP contribution < -0.4 is 4.90 Å². The number of carbonyl (C=O) groups excluding carboxylic acids is 2. The van der Waals surface area contributed by atoms with Gasteiger partial charge in [0.05, 0.1) is 10.6 Å². The van der Waals surface area contributed by atoms with Gasteiger partial charge in [-0.25, -0.2) is 4.90 Å². The Labute approximate surface area is 168 Å². The van der Waals surface area contributed by atoms with Crippen molar-refractivity contribution in [3.05, 3.63) is 88.1 Å². The van der Waals surface area contributed by atoms with Crippen molar-refractivity contribution in [2.45, 2.75) is 20.8 Å². The van der Waals surface area contributed by atoms with Gasteiger partial charge >= 0.3 is 0 Å². The molecular formula is C23H20N2O2S. The predicted molar refractivity (Wildman–Crippen MR) is 115 cm³/mol. The summed E-state index contributed by atoms with van der Waals surface area (Å²) in [4.78, 5) is 27.0. The van der Waals surface area contributed by atoms with E-state index in [2.05, 4.69) is 29.7 Å². The molecule has 0 unspecified atom stereocenters. The van der Waals surface area contributed by atoms with Crippen molar-refractivity contribution in [2.75, 3.05) is 4.90 Å². The summed E-state index contributed by atoms with van der Waals surface area (Å²) >= 11 is 0.984. The number of amides is 2. The Bertz CT molecular complexity index is 1110. The van der Waals surface area contributed by atoms with Gasteiger partial charge in [-0.05, 0) is 74.0 Å². The highest BCUT2D eigenvalue weighted by Gasteiger charge is 2.36. The lowest BCUT2D eigenvalue weighted by Crippen LogP contribution is -2.27. The number of anilines is 1. The monoisotopic (exact) mass is 388 g/mol. The lowest BCUT2D eigenvalue weighted by atomic mass is 10.2. The number of imide groups is 1. The van der Waals surface area contributed by atoms with Crippen molar-refractivity contribution < 1.29 is 9.59 Å². The van der Waals surface area contributed by atoms with E-state index in [-0.39, 0.29) is 11.1 Å². The van der Waals surface area contributed by atoms with Gasteiger partial charge in [-0.3, -0.25) is 9.59 Å². The number of aromatic nitrogens is 1. The van der Waals surface area contributed by atoms with Gasteiger partial charge in [0.25, 0.3) is 11.1 Å². The summed E-state index contributed by atoms with van der Waals surface area (Å²) in [5.41, 5.74) is 5.96. The predicted octanol–water partition coefficient (Wildman–Crippen LogP) is 5.64. The molecule has 2 heterocycles. The largest absolute Gasteiger partial charge is 0.318 e. The highest BCUT2D eigenvalue weighted by molar-refractivity contribution is 8.19. The Morgan fingerprint density at radius 2 is 1.57 bits per heavy atom. The number of nitrogens with zero attached hydrogens (tertiary/aromatic N) is 2. The highest BCUT2D eigenvalue weighted by Crippen LogP contribution is 2.36. The number of para-hydroxylation sites is 2. The van der Waals surface area contributed by atoms with Crippen molar-refractivity contribution in [1.29, 1.82) is 0 Å². The molecule has 0 atom stereocenters. The first kappa shape index (κ1) is 18.3. The van der Waals surface area contributed by atoms with E-state index < -0.39 is 0 Å². The molecule has 0 saturated carbocycles. The lowest BCUT2D eigenvalue weighted by molar-refractivity contribution is -0.113. The smallest absolute Gasteiger partial charge is 0.298 e. The molecule has 0 bridgehead atoms. The minimum atomic E-state index is -0.276. The van der Waals surface area contributed by atoms with Gasteiger partial charge in [-0.15, -0.1) is 0 Å². The number of carbonyl (C=O) groups is 2. The van der Waals surface area contributed by atoms with Crippen molar-refractivity contribution >= 4 is 34.7 Å². The number of hydrogen-bond donors (Lipinski definition) is 0. The normalized spacial score (nSPS) is 15.7. The highest BCUT2D eigenvalue weighted by atomic mass is 32.2. The van der Waals surface area contributed by atoms with Crippen molar-refractivity contribution in [3.8, 4) is 5.69 Å². The molecule has 3 aromatic rings. The average molecular weight is 388 g/mol. The number of thioether (sulfide) groups is 1. The van der Waals surface area contributed by atoms with E-state index in [9.17, 15) is 9.59 Å². The fraction of sp³-hybridized carbons (Fsp3) is 0.130. The summed E-state index contributed by atoms with van der Waals surface area (Å²) in [5.74, 6) is -0.276. The molecule has 0 aliphatic carbocycles. The molecule has 1 aliphatic heterocycles. The van der Waals surface area contributed by atoms with Crippen LogP contribution in [0.2, 0.25) is 0 Å². The van der Waals surface area contributed by atoms with Crippen LogP contribution in [-0.2, 0) is 4.79 Å². The lowest BCUT2D eigenvalue weighted by Gasteiger charge is -2.12. The topological polar surface area (TPSA) is 42.3 Å². The second-order valence-electron chi connectivity index (χ2n) is 6.80. The molecule has 0 radical (unpaired) electrons. The summed E-state index contributed by atoms with van der Waals surface area (Å²) in [6, 6.07) is 19.3. The quantitative estimate of drug-likeness (QED) is 0.545. The molecule has 2 amide bonds. The zero-order chi connectivity index (χ0) is 19.8. The molecule has 5 heteroatoms. The van der Waals surface area contributed by atoms with Gasteiger partial charge in [-0.1, -0.05) is 36.4 Å². The molecule has 4 nitrogen and oxygen atoms in total. The zero-order valence-corrected chi connectivity index (χ0v) is 16.8. The third-order valence-corrected chi connectivity index (χ3v) is 5.79. The van der Waals surface area contributed by atoms with Crippen LogP contribution in [0.1, 0.15) is 22.5 Å². The first-order chi connectivity index (χ1) is 13.5. The SMILES string of the molecule is Cc1ccccc1-n1c(C)cc(/C=C2/SC(=O)N(c3ccccc3)C2=O)c1C. The first-order valence-corrected chi connectivity index (χ1v) is 9.87. The standard InChI is InChI=1S/C23H20N2O2S/c1-15-9-7-8-12-20(15)24-16(2)13-18(17(24)3)14-21-22(26)25(23(27)28-21)19-10-5-4-6-11-19/h4-14H,1-3H3/b21-14+. The van der Waals surface area contributed by atoms with E-state index in [0.29, 0.717) is 10.6 Å². The molecule has 1 aromatic heterocycles. The van der Waals surface area contributed by atoms with Crippen LogP contribution >= 0.6 is 11.8 Å². The van der Waals surface area contributed by atoms with E-state index in [0.717, 1.165) is 34.4 Å². The Morgan fingerprint density at radius 1 is 0.893 bits per heavy atom. The molecule has 2 aromatic carbocycles. The molecule has 140 valence electrons. The maximum Gasteiger partial charge on any atom is 0.298 e. The minimum absolute atomic E-state index is 0.268. The van der Waals surface area contributed by atoms with Crippen LogP contribution in [0, 0.1) is 20.8 Å². The second-order valence-corrected chi connectivity index (χ2v) is 7.79. The molecule has 1 aliphatic rings. The van der Waals surface area contributed by atoms with Gasteiger partial charge in [0, 0.05) is 17.1 Å². The van der Waals surface area contributed by atoms with Gasteiger partial charge in [0.15, 0.2) is 0 Å². The van der Waals surface area contributed by atoms with Crippen molar-refractivity contribution in [3.63, 3.8) is 0 Å². The fourth-order valence-electron chi connectivity index (χ4n) is 3.53. The third kappa shape index (κ3) is 3.08. The van der Waals surface area contributed by atoms with Crippen LogP contribution in [0.4, 0.5) is 10.5 Å². The number of rotatable bonds is 3. The number of aryl methyl sites for hydroxylation is 2. The summed E-state index contributed by atoms with van der Waals surface area (Å²) in [6.45, 7) is 6.16. The minimum Gasteiger partial charge on any atom is -0.318 e. The summed E-state index contributed by atoms with van der Waals surface area (Å²) in [5, 5.41) is -0.268. The van der Waals surface area contributed by atoms with Gasteiger partial charge in [-0.2, -0.15) is 0 Å². The van der Waals surface area contributed by atoms with E-state index in [4.69, 9.17) is 0 Å². The number of hydrogen-bond acceptors (Lipinski definition) is 3. The first-order valence-electron chi connectivity index (χ1n) is 9.05. The Kier molecular flexibility index (Phi) is 4.69. The second kappa shape index (κ2) is 7.17. The van der Waals surface area contributed by atoms with Crippen LogP contribution in [-0.4, -0.2) is 15.7 Å². The molecule has 4 rings (SSSR count). The van der Waals surface area contributed by atoms with Crippen LogP contribution in [0.5, 0.6) is 0 Å². The van der Waals surface area contributed by atoms with E-state index in [1.165, 1.54) is 10.5 Å².